The van der Waals surface area contributed by atoms with Crippen LogP contribution >= 0.6 is 11.8 Å². The summed E-state index contributed by atoms with van der Waals surface area (Å²) in [5, 5.41) is 0.747. The minimum Gasteiger partial charge on any atom is -0.479 e. The minimum absolute atomic E-state index is 0.435. The van der Waals surface area contributed by atoms with Crippen LogP contribution in [0.1, 0.15) is 0 Å². The number of hydrogen-bond acceptors (Lipinski definition) is 5. The first-order chi connectivity index (χ1) is 5.29. The molecule has 0 bridgehead atoms. The SMILES string of the molecule is COc1ncnc(SC)c1N. The molecule has 0 spiro atoms. The lowest BCUT2D eigenvalue weighted by Gasteiger charge is -2.04. The maximum Gasteiger partial charge on any atom is 0.241 e. The number of aromatic nitrogens is 2. The highest BCUT2D eigenvalue weighted by atomic mass is 32.2. The van der Waals surface area contributed by atoms with Crippen molar-refractivity contribution >= 4 is 17.4 Å². The predicted octanol–water partition coefficient (Wildman–Crippen LogP) is 0.789. The fourth-order valence-corrected chi connectivity index (χ4v) is 1.15. The van der Waals surface area contributed by atoms with E-state index in [1.54, 1.807) is 0 Å². The molecule has 0 radical (unpaired) electrons. The summed E-state index contributed by atoms with van der Waals surface area (Å²) in [6.07, 6.45) is 3.33. The Hall–Kier alpha value is -0.970. The summed E-state index contributed by atoms with van der Waals surface area (Å²) in [7, 11) is 1.53. The van der Waals surface area contributed by atoms with E-state index in [0.717, 1.165) is 5.03 Å². The molecule has 1 aromatic heterocycles. The number of hydrogen-bond donors (Lipinski definition) is 1. The van der Waals surface area contributed by atoms with Crippen LogP contribution in [0.15, 0.2) is 11.4 Å². The third-order valence-corrected chi connectivity index (χ3v) is 1.91. The van der Waals surface area contributed by atoms with E-state index in [4.69, 9.17) is 10.5 Å². The summed E-state index contributed by atoms with van der Waals surface area (Å²) in [5.41, 5.74) is 6.14. The van der Waals surface area contributed by atoms with E-state index in [2.05, 4.69) is 9.97 Å². The molecule has 0 saturated carbocycles. The van der Waals surface area contributed by atoms with E-state index in [0.29, 0.717) is 11.6 Å². The van der Waals surface area contributed by atoms with Gasteiger partial charge in [0.15, 0.2) is 0 Å². The molecular formula is C6H9N3OS. The highest BCUT2D eigenvalue weighted by Gasteiger charge is 2.05. The van der Waals surface area contributed by atoms with Gasteiger partial charge in [0.2, 0.25) is 5.88 Å². The van der Waals surface area contributed by atoms with Crippen LogP contribution in [-0.2, 0) is 0 Å². The largest absolute Gasteiger partial charge is 0.479 e. The molecule has 0 saturated heterocycles. The molecule has 0 aliphatic rings. The van der Waals surface area contributed by atoms with Gasteiger partial charge in [-0.3, -0.25) is 0 Å². The quantitative estimate of drug-likeness (QED) is 0.526. The van der Waals surface area contributed by atoms with Gasteiger partial charge in [0.1, 0.15) is 17.0 Å². The molecule has 1 rings (SSSR count). The maximum atomic E-state index is 5.63. The molecule has 1 aromatic rings. The predicted molar refractivity (Wildman–Crippen MR) is 44.8 cm³/mol. The average molecular weight is 171 g/mol. The van der Waals surface area contributed by atoms with Crippen LogP contribution in [-0.4, -0.2) is 23.3 Å². The van der Waals surface area contributed by atoms with Gasteiger partial charge in [-0.05, 0) is 6.26 Å². The summed E-state index contributed by atoms with van der Waals surface area (Å²) in [5.74, 6) is 0.435. The zero-order valence-electron chi connectivity index (χ0n) is 6.37. The first-order valence-electron chi connectivity index (χ1n) is 2.98. The number of anilines is 1. The second-order valence-electron chi connectivity index (χ2n) is 1.81. The lowest BCUT2D eigenvalue weighted by Crippen LogP contribution is -1.98. The van der Waals surface area contributed by atoms with Crippen LogP contribution in [0.4, 0.5) is 5.69 Å². The number of methoxy groups -OCH3 is 1. The number of rotatable bonds is 2. The minimum atomic E-state index is 0.435. The van der Waals surface area contributed by atoms with E-state index >= 15 is 0 Å². The molecule has 1 heterocycles. The Kier molecular flexibility index (Phi) is 2.53. The number of thioether (sulfide) groups is 1. The lowest BCUT2D eigenvalue weighted by molar-refractivity contribution is 0.397. The van der Waals surface area contributed by atoms with Gasteiger partial charge in [-0.25, -0.2) is 4.98 Å². The third-order valence-electron chi connectivity index (χ3n) is 1.20. The third kappa shape index (κ3) is 1.54. The van der Waals surface area contributed by atoms with Gasteiger partial charge in [0.25, 0.3) is 0 Å². The highest BCUT2D eigenvalue weighted by molar-refractivity contribution is 7.98. The average Bonchev–Trinajstić information content (AvgIpc) is 2.05. The number of nitrogens with zero attached hydrogens (tertiary/aromatic N) is 2. The Labute approximate surface area is 69.2 Å². The van der Waals surface area contributed by atoms with E-state index in [1.165, 1.54) is 25.2 Å². The monoisotopic (exact) mass is 171 g/mol. The molecule has 60 valence electrons. The Morgan fingerprint density at radius 2 is 2.27 bits per heavy atom. The number of nitrogen functional groups attached to an aromatic ring is 1. The topological polar surface area (TPSA) is 61.0 Å². The van der Waals surface area contributed by atoms with Crippen molar-refractivity contribution in [3.63, 3.8) is 0 Å². The summed E-state index contributed by atoms with van der Waals surface area (Å²) in [6.45, 7) is 0. The van der Waals surface area contributed by atoms with E-state index < -0.39 is 0 Å². The Balaban J connectivity index is 3.10. The summed E-state index contributed by atoms with van der Waals surface area (Å²) in [6, 6.07) is 0. The van der Waals surface area contributed by atoms with Crippen LogP contribution in [0.5, 0.6) is 5.88 Å². The number of ether oxygens (including phenoxy) is 1. The first-order valence-corrected chi connectivity index (χ1v) is 4.20. The van der Waals surface area contributed by atoms with Gasteiger partial charge in [-0.15, -0.1) is 11.8 Å². The number of nitrogens with two attached hydrogens (primary N) is 1. The summed E-state index contributed by atoms with van der Waals surface area (Å²) >= 11 is 1.47. The van der Waals surface area contributed by atoms with Crippen molar-refractivity contribution in [2.75, 3.05) is 19.1 Å². The van der Waals surface area contributed by atoms with E-state index in [9.17, 15) is 0 Å². The maximum absolute atomic E-state index is 5.63. The van der Waals surface area contributed by atoms with Crippen molar-refractivity contribution in [3.05, 3.63) is 6.33 Å². The molecule has 0 amide bonds. The van der Waals surface area contributed by atoms with Crippen LogP contribution in [0.3, 0.4) is 0 Å². The van der Waals surface area contributed by atoms with Gasteiger partial charge >= 0.3 is 0 Å². The summed E-state index contributed by atoms with van der Waals surface area (Å²) < 4.78 is 4.90. The zero-order valence-corrected chi connectivity index (χ0v) is 7.18. The van der Waals surface area contributed by atoms with Crippen molar-refractivity contribution in [2.45, 2.75) is 5.03 Å². The first kappa shape index (κ1) is 8.13. The van der Waals surface area contributed by atoms with Crippen molar-refractivity contribution in [3.8, 4) is 5.88 Å². The van der Waals surface area contributed by atoms with Gasteiger partial charge < -0.3 is 10.5 Å². The Morgan fingerprint density at radius 1 is 1.55 bits per heavy atom. The molecular weight excluding hydrogens is 162 g/mol. The van der Waals surface area contributed by atoms with Crippen LogP contribution in [0, 0.1) is 0 Å². The van der Waals surface area contributed by atoms with Gasteiger partial charge in [-0.1, -0.05) is 0 Å². The molecule has 5 heteroatoms. The van der Waals surface area contributed by atoms with Gasteiger partial charge in [-0.2, -0.15) is 4.98 Å². The van der Waals surface area contributed by atoms with Crippen LogP contribution in [0.25, 0.3) is 0 Å². The molecule has 11 heavy (non-hydrogen) atoms. The second-order valence-corrected chi connectivity index (χ2v) is 2.60. The van der Waals surface area contributed by atoms with Crippen molar-refractivity contribution in [1.82, 2.24) is 9.97 Å². The molecule has 0 aromatic carbocycles. The molecule has 0 unspecified atom stereocenters. The highest BCUT2D eigenvalue weighted by Crippen LogP contribution is 2.26. The fourth-order valence-electron chi connectivity index (χ4n) is 0.690. The van der Waals surface area contributed by atoms with E-state index in [-0.39, 0.29) is 0 Å². The van der Waals surface area contributed by atoms with Crippen molar-refractivity contribution in [2.24, 2.45) is 0 Å². The van der Waals surface area contributed by atoms with Crippen molar-refractivity contribution < 1.29 is 4.74 Å². The smallest absolute Gasteiger partial charge is 0.241 e. The summed E-state index contributed by atoms with van der Waals surface area (Å²) in [4.78, 5) is 7.79. The lowest BCUT2D eigenvalue weighted by atomic mass is 10.5. The van der Waals surface area contributed by atoms with Crippen molar-refractivity contribution in [1.29, 1.82) is 0 Å². The van der Waals surface area contributed by atoms with Gasteiger partial charge in [0.05, 0.1) is 7.11 Å². The van der Waals surface area contributed by atoms with E-state index in [1.807, 2.05) is 6.26 Å². The Bertz CT molecular complexity index is 231. The standard InChI is InChI=1S/C6H9N3OS/c1-10-5-4(7)6(11-2)9-3-8-5/h3H,7H2,1-2H3. The molecule has 4 nitrogen and oxygen atoms in total. The fraction of sp³-hybridized carbons (Fsp3) is 0.333. The van der Waals surface area contributed by atoms with Crippen LogP contribution < -0.4 is 10.5 Å². The molecule has 0 aliphatic carbocycles. The second kappa shape index (κ2) is 3.43. The molecule has 0 fully saturated rings. The molecule has 0 aliphatic heterocycles. The van der Waals surface area contributed by atoms with Gasteiger partial charge in [0, 0.05) is 0 Å². The normalized spacial score (nSPS) is 9.64. The Morgan fingerprint density at radius 3 is 2.82 bits per heavy atom. The zero-order chi connectivity index (χ0) is 8.27. The molecule has 0 atom stereocenters. The molecule has 2 N–H and O–H groups in total. The van der Waals surface area contributed by atoms with Crippen LogP contribution in [0.2, 0.25) is 0 Å².